The van der Waals surface area contributed by atoms with Crippen LogP contribution in [0.3, 0.4) is 0 Å². The molecule has 4 atom stereocenters. The molecular formula is C13H25FN2. The van der Waals surface area contributed by atoms with E-state index in [-0.39, 0.29) is 12.1 Å². The second-order valence-corrected chi connectivity index (χ2v) is 5.76. The molecule has 94 valence electrons. The molecule has 16 heavy (non-hydrogen) atoms. The lowest BCUT2D eigenvalue weighted by Gasteiger charge is -2.40. The largest absolute Gasteiger partial charge is 0.316 e. The summed E-state index contributed by atoms with van der Waals surface area (Å²) in [6.45, 7) is 4.21. The van der Waals surface area contributed by atoms with Gasteiger partial charge in [-0.1, -0.05) is 19.8 Å². The molecule has 0 spiro atoms. The summed E-state index contributed by atoms with van der Waals surface area (Å²) in [7, 11) is 0. The molecule has 1 aliphatic heterocycles. The van der Waals surface area contributed by atoms with Crippen LogP contribution in [-0.4, -0.2) is 30.3 Å². The topological polar surface area (TPSA) is 29.3 Å². The van der Waals surface area contributed by atoms with Crippen LogP contribution in [0.5, 0.6) is 0 Å². The van der Waals surface area contributed by atoms with Crippen LogP contribution in [-0.2, 0) is 0 Å². The van der Waals surface area contributed by atoms with Crippen LogP contribution in [0.2, 0.25) is 0 Å². The number of rotatable bonds is 2. The number of nitrogens with zero attached hydrogens (tertiary/aromatic N) is 1. The Bertz CT molecular complexity index is 222. The number of halogens is 1. The van der Waals surface area contributed by atoms with Gasteiger partial charge in [0, 0.05) is 19.0 Å². The Morgan fingerprint density at radius 2 is 1.94 bits per heavy atom. The van der Waals surface area contributed by atoms with E-state index in [4.69, 9.17) is 5.73 Å². The fraction of sp³-hybridized carbons (Fsp3) is 1.00. The van der Waals surface area contributed by atoms with E-state index in [0.717, 1.165) is 44.7 Å². The lowest BCUT2D eigenvalue weighted by Crippen LogP contribution is -2.50. The van der Waals surface area contributed by atoms with Gasteiger partial charge in [-0.2, -0.15) is 0 Å². The van der Waals surface area contributed by atoms with Crippen LogP contribution in [0.25, 0.3) is 0 Å². The molecule has 0 aromatic carbocycles. The van der Waals surface area contributed by atoms with Gasteiger partial charge < -0.3 is 5.73 Å². The molecule has 1 saturated carbocycles. The van der Waals surface area contributed by atoms with Crippen molar-refractivity contribution in [3.8, 4) is 0 Å². The maximum atomic E-state index is 13.8. The minimum atomic E-state index is -0.585. The molecule has 0 amide bonds. The first kappa shape index (κ1) is 12.3. The molecule has 0 radical (unpaired) electrons. The third kappa shape index (κ3) is 2.95. The Labute approximate surface area is 98.4 Å². The van der Waals surface area contributed by atoms with E-state index >= 15 is 0 Å². The summed E-state index contributed by atoms with van der Waals surface area (Å²) in [5.74, 6) is 0.964. The predicted octanol–water partition coefficient (Wildman–Crippen LogP) is 2.53. The van der Waals surface area contributed by atoms with Crippen molar-refractivity contribution < 1.29 is 4.39 Å². The highest BCUT2D eigenvalue weighted by Crippen LogP contribution is 2.29. The molecule has 1 aliphatic carbocycles. The van der Waals surface area contributed by atoms with Gasteiger partial charge in [0.25, 0.3) is 0 Å². The third-order valence-corrected chi connectivity index (χ3v) is 4.26. The normalized spacial score (nSPS) is 42.2. The third-order valence-electron chi connectivity index (χ3n) is 4.26. The highest BCUT2D eigenvalue weighted by Gasteiger charge is 2.30. The SMILES string of the molecule is CC1CCC(N)N(CC2CCCCC2F)C1. The molecule has 2 N–H and O–H groups in total. The summed E-state index contributed by atoms with van der Waals surface area (Å²) >= 11 is 0. The molecule has 1 heterocycles. The van der Waals surface area contributed by atoms with Crippen molar-refractivity contribution in [2.75, 3.05) is 13.1 Å². The number of hydrogen-bond donors (Lipinski definition) is 1. The standard InChI is InChI=1S/C13H25FN2/c1-10-6-7-13(15)16(8-10)9-11-4-2-3-5-12(11)14/h10-13H,2-9,15H2,1H3. The minimum Gasteiger partial charge on any atom is -0.316 e. The Hall–Kier alpha value is -0.150. The number of likely N-dealkylation sites (tertiary alicyclic amines) is 1. The molecular weight excluding hydrogens is 203 g/mol. The van der Waals surface area contributed by atoms with Gasteiger partial charge in [-0.25, -0.2) is 4.39 Å². The molecule has 0 aromatic heterocycles. The number of nitrogens with two attached hydrogens (primary N) is 1. The average molecular weight is 228 g/mol. The molecule has 0 bridgehead atoms. The first-order valence-corrected chi connectivity index (χ1v) is 6.80. The molecule has 2 rings (SSSR count). The van der Waals surface area contributed by atoms with Crippen molar-refractivity contribution in [2.24, 2.45) is 17.6 Å². The summed E-state index contributed by atoms with van der Waals surface area (Å²) in [5.41, 5.74) is 6.11. The lowest BCUT2D eigenvalue weighted by molar-refractivity contribution is 0.0585. The van der Waals surface area contributed by atoms with Crippen LogP contribution in [0.15, 0.2) is 0 Å². The summed E-state index contributed by atoms with van der Waals surface area (Å²) < 4.78 is 13.8. The minimum absolute atomic E-state index is 0.172. The van der Waals surface area contributed by atoms with E-state index in [2.05, 4.69) is 11.8 Å². The van der Waals surface area contributed by atoms with Crippen molar-refractivity contribution in [3.05, 3.63) is 0 Å². The van der Waals surface area contributed by atoms with Crippen LogP contribution < -0.4 is 5.73 Å². The highest BCUT2D eigenvalue weighted by atomic mass is 19.1. The lowest BCUT2D eigenvalue weighted by atomic mass is 9.86. The van der Waals surface area contributed by atoms with E-state index in [1.807, 2.05) is 0 Å². The van der Waals surface area contributed by atoms with E-state index < -0.39 is 6.17 Å². The van der Waals surface area contributed by atoms with Crippen molar-refractivity contribution in [1.82, 2.24) is 4.90 Å². The van der Waals surface area contributed by atoms with E-state index in [9.17, 15) is 4.39 Å². The fourth-order valence-corrected chi connectivity index (χ4v) is 3.14. The van der Waals surface area contributed by atoms with Crippen molar-refractivity contribution in [3.63, 3.8) is 0 Å². The van der Waals surface area contributed by atoms with Gasteiger partial charge in [-0.3, -0.25) is 4.90 Å². The monoisotopic (exact) mass is 228 g/mol. The second kappa shape index (κ2) is 5.46. The zero-order chi connectivity index (χ0) is 11.5. The maximum Gasteiger partial charge on any atom is 0.104 e. The fourth-order valence-electron chi connectivity index (χ4n) is 3.14. The molecule has 2 nitrogen and oxygen atoms in total. The Balaban J connectivity index is 1.86. The molecule has 1 saturated heterocycles. The number of hydrogen-bond acceptors (Lipinski definition) is 2. The van der Waals surface area contributed by atoms with Crippen LogP contribution >= 0.6 is 0 Å². The van der Waals surface area contributed by atoms with Gasteiger partial charge in [-0.05, 0) is 31.6 Å². The van der Waals surface area contributed by atoms with Gasteiger partial charge in [0.1, 0.15) is 6.17 Å². The summed E-state index contributed by atoms with van der Waals surface area (Å²) in [6, 6.07) is 0. The highest BCUT2D eigenvalue weighted by molar-refractivity contribution is 4.82. The zero-order valence-corrected chi connectivity index (χ0v) is 10.4. The van der Waals surface area contributed by atoms with Crippen molar-refractivity contribution in [2.45, 2.75) is 57.8 Å². The predicted molar refractivity (Wildman–Crippen MR) is 64.8 cm³/mol. The van der Waals surface area contributed by atoms with Crippen LogP contribution in [0.4, 0.5) is 4.39 Å². The second-order valence-electron chi connectivity index (χ2n) is 5.76. The van der Waals surface area contributed by atoms with Gasteiger partial charge in [-0.15, -0.1) is 0 Å². The quantitative estimate of drug-likeness (QED) is 0.787. The smallest absolute Gasteiger partial charge is 0.104 e. The molecule has 4 unspecified atom stereocenters. The maximum absolute atomic E-state index is 13.8. The van der Waals surface area contributed by atoms with E-state index in [1.54, 1.807) is 0 Å². The molecule has 0 aromatic rings. The van der Waals surface area contributed by atoms with Crippen molar-refractivity contribution in [1.29, 1.82) is 0 Å². The van der Waals surface area contributed by atoms with Crippen LogP contribution in [0.1, 0.15) is 45.4 Å². The van der Waals surface area contributed by atoms with E-state index in [1.165, 1.54) is 12.8 Å². The van der Waals surface area contributed by atoms with Gasteiger partial charge in [0.15, 0.2) is 0 Å². The molecule has 3 heteroatoms. The summed E-state index contributed by atoms with van der Waals surface area (Å²) in [4.78, 5) is 2.32. The Kier molecular flexibility index (Phi) is 4.20. The number of alkyl halides is 1. The molecule has 2 fully saturated rings. The number of piperidine rings is 1. The van der Waals surface area contributed by atoms with Crippen molar-refractivity contribution >= 4 is 0 Å². The zero-order valence-electron chi connectivity index (χ0n) is 10.4. The van der Waals surface area contributed by atoms with E-state index in [0.29, 0.717) is 0 Å². The van der Waals surface area contributed by atoms with Gasteiger partial charge in [0.05, 0.1) is 6.17 Å². The Morgan fingerprint density at radius 1 is 1.19 bits per heavy atom. The first-order valence-electron chi connectivity index (χ1n) is 6.80. The van der Waals surface area contributed by atoms with Gasteiger partial charge >= 0.3 is 0 Å². The van der Waals surface area contributed by atoms with Crippen LogP contribution in [0, 0.1) is 11.8 Å². The average Bonchev–Trinajstić information content (AvgIpc) is 2.27. The summed E-state index contributed by atoms with van der Waals surface area (Å²) in [6.07, 6.45) is 5.97. The first-order chi connectivity index (χ1) is 7.66. The summed E-state index contributed by atoms with van der Waals surface area (Å²) in [5, 5.41) is 0. The van der Waals surface area contributed by atoms with Gasteiger partial charge in [0.2, 0.25) is 0 Å². The Morgan fingerprint density at radius 3 is 2.69 bits per heavy atom. The molecule has 2 aliphatic rings.